The van der Waals surface area contributed by atoms with Crippen LogP contribution in [0.1, 0.15) is 51.9 Å². The van der Waals surface area contributed by atoms with E-state index in [2.05, 4.69) is 37.1 Å². The van der Waals surface area contributed by atoms with Crippen molar-refractivity contribution in [3.8, 4) is 0 Å². The number of fused-ring (bicyclic) bond motifs is 1. The molecule has 0 unspecified atom stereocenters. The maximum absolute atomic E-state index is 5.21. The number of rotatable bonds is 9. The third-order valence-electron chi connectivity index (χ3n) is 4.07. The Labute approximate surface area is 158 Å². The number of thiocarbonyl (C=S) groups is 1. The van der Waals surface area contributed by atoms with Gasteiger partial charge in [-0.05, 0) is 18.6 Å². The minimum atomic E-state index is 0.562. The number of hydrogen-bond acceptors (Lipinski definition) is 5. The molecule has 0 saturated heterocycles. The Morgan fingerprint density at radius 1 is 1.24 bits per heavy atom. The fourth-order valence-electron chi connectivity index (χ4n) is 2.66. The molecular formula is C17H28N6S2. The molecule has 0 fully saturated rings. The first kappa shape index (κ1) is 19.8. The minimum Gasteiger partial charge on any atom is -0.366 e. The molecule has 0 bridgehead atoms. The van der Waals surface area contributed by atoms with Crippen LogP contribution < -0.4 is 15.4 Å². The van der Waals surface area contributed by atoms with Gasteiger partial charge in [0.25, 0.3) is 0 Å². The number of aryl methyl sites for hydroxylation is 1. The summed E-state index contributed by atoms with van der Waals surface area (Å²) < 4.78 is 2.12. The van der Waals surface area contributed by atoms with Gasteiger partial charge in [-0.3, -0.25) is 4.99 Å². The molecule has 25 heavy (non-hydrogen) atoms. The molecule has 0 amide bonds. The van der Waals surface area contributed by atoms with E-state index in [1.54, 1.807) is 14.1 Å². The summed E-state index contributed by atoms with van der Waals surface area (Å²) in [5.74, 6) is 0. The predicted molar refractivity (Wildman–Crippen MR) is 110 cm³/mol. The highest BCUT2D eigenvalue weighted by atomic mass is 32.1. The molecule has 138 valence electrons. The van der Waals surface area contributed by atoms with Crippen LogP contribution in [0.5, 0.6) is 0 Å². The standard InChI is InChI=1S/C17H28N6S2/c1-4-5-6-7-8-9-10-11-23-12-20-13-14(23)21-17(19-3)25-15(13)22-16(24)18-2/h12H,4-11H2,1-3H3,(H2,18,22,24). The van der Waals surface area contributed by atoms with E-state index in [9.17, 15) is 0 Å². The van der Waals surface area contributed by atoms with Crippen molar-refractivity contribution in [3.05, 3.63) is 11.1 Å². The van der Waals surface area contributed by atoms with Gasteiger partial charge in [-0.25, -0.2) is 4.98 Å². The molecule has 2 aromatic heterocycles. The van der Waals surface area contributed by atoms with Gasteiger partial charge in [0.15, 0.2) is 10.8 Å². The molecule has 0 radical (unpaired) electrons. The SMILES string of the molecule is CCCCCCCCCn1cnc2c(NC(=S)NC)sc(=NC)nc21. The van der Waals surface area contributed by atoms with E-state index < -0.39 is 0 Å². The quantitative estimate of drug-likeness (QED) is 0.513. The monoisotopic (exact) mass is 380 g/mol. The summed E-state index contributed by atoms with van der Waals surface area (Å²) >= 11 is 6.67. The summed E-state index contributed by atoms with van der Waals surface area (Å²) in [6.45, 7) is 3.19. The smallest absolute Gasteiger partial charge is 0.208 e. The number of nitrogens with zero attached hydrogens (tertiary/aromatic N) is 4. The fourth-order valence-corrected chi connectivity index (χ4v) is 3.62. The summed E-state index contributed by atoms with van der Waals surface area (Å²) in [4.78, 5) is 14.1. The number of hydrogen-bond donors (Lipinski definition) is 2. The maximum Gasteiger partial charge on any atom is 0.208 e. The van der Waals surface area contributed by atoms with E-state index >= 15 is 0 Å². The van der Waals surface area contributed by atoms with Gasteiger partial charge in [-0.1, -0.05) is 56.8 Å². The van der Waals surface area contributed by atoms with Crippen molar-refractivity contribution < 1.29 is 0 Å². The van der Waals surface area contributed by atoms with E-state index in [0.717, 1.165) is 33.9 Å². The van der Waals surface area contributed by atoms with Gasteiger partial charge in [0.2, 0.25) is 4.80 Å². The lowest BCUT2D eigenvalue weighted by Crippen LogP contribution is -2.24. The predicted octanol–water partition coefficient (Wildman–Crippen LogP) is 3.69. The van der Waals surface area contributed by atoms with Gasteiger partial charge < -0.3 is 15.2 Å². The third kappa shape index (κ3) is 5.74. The molecule has 2 heterocycles. The molecule has 0 spiro atoms. The highest BCUT2D eigenvalue weighted by Gasteiger charge is 2.11. The molecule has 0 aromatic carbocycles. The zero-order valence-corrected chi connectivity index (χ0v) is 17.0. The molecule has 8 heteroatoms. The zero-order chi connectivity index (χ0) is 18.1. The number of anilines is 1. The summed E-state index contributed by atoms with van der Waals surface area (Å²) in [6.07, 6.45) is 10.9. The summed E-state index contributed by atoms with van der Waals surface area (Å²) in [6, 6.07) is 0. The third-order valence-corrected chi connectivity index (χ3v) is 5.33. The Kier molecular flexibility index (Phi) is 8.27. The molecule has 0 saturated carbocycles. The Morgan fingerprint density at radius 2 is 1.96 bits per heavy atom. The molecule has 0 aliphatic heterocycles. The first-order chi connectivity index (χ1) is 12.2. The van der Waals surface area contributed by atoms with Crippen molar-refractivity contribution in [1.82, 2.24) is 19.9 Å². The van der Waals surface area contributed by atoms with Gasteiger partial charge in [0.05, 0.1) is 6.33 Å². The van der Waals surface area contributed by atoms with Crippen molar-refractivity contribution >= 4 is 44.8 Å². The number of aromatic nitrogens is 3. The summed E-state index contributed by atoms with van der Waals surface area (Å²) in [7, 11) is 3.55. The average molecular weight is 381 g/mol. The first-order valence-electron chi connectivity index (χ1n) is 8.97. The topological polar surface area (TPSA) is 67.1 Å². The molecule has 0 aliphatic carbocycles. The van der Waals surface area contributed by atoms with Crippen LogP contribution in [0, 0.1) is 0 Å². The second-order valence-corrected chi connectivity index (χ2v) is 7.37. The highest BCUT2D eigenvalue weighted by molar-refractivity contribution is 7.80. The Bertz CT molecular complexity index is 749. The lowest BCUT2D eigenvalue weighted by atomic mass is 10.1. The molecule has 2 N–H and O–H groups in total. The van der Waals surface area contributed by atoms with Crippen LogP contribution in [-0.2, 0) is 6.54 Å². The van der Waals surface area contributed by atoms with Crippen LogP contribution in [0.2, 0.25) is 0 Å². The Morgan fingerprint density at radius 3 is 2.64 bits per heavy atom. The van der Waals surface area contributed by atoms with E-state index in [4.69, 9.17) is 12.2 Å². The van der Waals surface area contributed by atoms with Gasteiger partial charge in [0.1, 0.15) is 10.5 Å². The lowest BCUT2D eigenvalue weighted by Gasteiger charge is -2.07. The molecule has 6 nitrogen and oxygen atoms in total. The van der Waals surface area contributed by atoms with Crippen LogP contribution in [0.4, 0.5) is 5.00 Å². The van der Waals surface area contributed by atoms with E-state index in [0.29, 0.717) is 5.11 Å². The Balaban J connectivity index is 2.06. The highest BCUT2D eigenvalue weighted by Crippen LogP contribution is 2.22. The van der Waals surface area contributed by atoms with Crippen LogP contribution in [0.25, 0.3) is 11.2 Å². The van der Waals surface area contributed by atoms with Crippen molar-refractivity contribution in [2.75, 3.05) is 19.4 Å². The molecule has 0 aliphatic rings. The van der Waals surface area contributed by atoms with E-state index in [1.165, 1.54) is 49.9 Å². The molecule has 0 atom stereocenters. The van der Waals surface area contributed by atoms with E-state index in [-0.39, 0.29) is 0 Å². The normalized spacial score (nSPS) is 11.9. The van der Waals surface area contributed by atoms with Crippen LogP contribution in [0.15, 0.2) is 11.3 Å². The minimum absolute atomic E-state index is 0.562. The van der Waals surface area contributed by atoms with Crippen molar-refractivity contribution in [2.24, 2.45) is 4.99 Å². The lowest BCUT2D eigenvalue weighted by molar-refractivity contribution is 0.554. The maximum atomic E-state index is 5.21. The Hall–Kier alpha value is -1.54. The van der Waals surface area contributed by atoms with Crippen LogP contribution in [0.3, 0.4) is 0 Å². The van der Waals surface area contributed by atoms with Crippen molar-refractivity contribution in [2.45, 2.75) is 58.4 Å². The van der Waals surface area contributed by atoms with Crippen molar-refractivity contribution in [1.29, 1.82) is 0 Å². The van der Waals surface area contributed by atoms with Crippen LogP contribution in [-0.4, -0.2) is 33.7 Å². The largest absolute Gasteiger partial charge is 0.366 e. The van der Waals surface area contributed by atoms with Gasteiger partial charge >= 0.3 is 0 Å². The summed E-state index contributed by atoms with van der Waals surface area (Å²) in [5, 5.41) is 7.55. The first-order valence-corrected chi connectivity index (χ1v) is 10.2. The van der Waals surface area contributed by atoms with Gasteiger partial charge in [-0.2, -0.15) is 4.98 Å². The fraction of sp³-hybridized carbons (Fsp3) is 0.647. The second-order valence-electron chi connectivity index (χ2n) is 5.98. The number of unbranched alkanes of at least 4 members (excludes halogenated alkanes) is 6. The molecule has 2 aromatic rings. The van der Waals surface area contributed by atoms with E-state index in [1.807, 2.05) is 6.33 Å². The molecular weight excluding hydrogens is 352 g/mol. The average Bonchev–Trinajstić information content (AvgIpc) is 3.04. The molecule has 2 rings (SSSR count). The van der Waals surface area contributed by atoms with Crippen LogP contribution >= 0.6 is 23.6 Å². The summed E-state index contributed by atoms with van der Waals surface area (Å²) in [5.41, 5.74) is 1.71. The van der Waals surface area contributed by atoms with Gasteiger partial charge in [0, 0.05) is 20.6 Å². The number of nitrogens with one attached hydrogen (secondary N) is 2. The second kappa shape index (κ2) is 10.5. The van der Waals surface area contributed by atoms with Gasteiger partial charge in [-0.15, -0.1) is 0 Å². The number of imidazole rings is 1. The zero-order valence-electron chi connectivity index (χ0n) is 15.3. The van der Waals surface area contributed by atoms with Crippen molar-refractivity contribution in [3.63, 3.8) is 0 Å².